The summed E-state index contributed by atoms with van der Waals surface area (Å²) in [6.07, 6.45) is 3.79. The third kappa shape index (κ3) is 4.86. The Kier molecular flexibility index (Phi) is 5.88. The van der Waals surface area contributed by atoms with Crippen LogP contribution in [0.25, 0.3) is 0 Å². The van der Waals surface area contributed by atoms with Gasteiger partial charge in [0.25, 0.3) is 5.91 Å². The standard InChI is InChI=1S/C20H19FN4O/c21-18-7-2-1-5-15(18)8-11-23-19-13-16(9-12-24-19)20(26)25-14-17-6-3-4-10-22-17/h1-7,9-10,12-13H,8,11,14H2,(H,23,24)(H,25,26). The van der Waals surface area contributed by atoms with Crippen LogP contribution in [0, 0.1) is 5.82 Å². The van der Waals surface area contributed by atoms with Crippen LogP contribution in [0.3, 0.4) is 0 Å². The number of nitrogens with zero attached hydrogens (tertiary/aromatic N) is 2. The first-order valence-corrected chi connectivity index (χ1v) is 8.34. The minimum Gasteiger partial charge on any atom is -0.370 e. The molecule has 0 radical (unpaired) electrons. The summed E-state index contributed by atoms with van der Waals surface area (Å²) in [5, 5.41) is 5.94. The molecule has 0 aliphatic rings. The number of anilines is 1. The van der Waals surface area contributed by atoms with Crippen LogP contribution < -0.4 is 10.6 Å². The molecule has 6 heteroatoms. The molecule has 0 atom stereocenters. The van der Waals surface area contributed by atoms with E-state index in [1.54, 1.807) is 36.7 Å². The van der Waals surface area contributed by atoms with Crippen molar-refractivity contribution in [3.8, 4) is 0 Å². The highest BCUT2D eigenvalue weighted by Crippen LogP contribution is 2.10. The lowest BCUT2D eigenvalue weighted by Crippen LogP contribution is -2.23. The number of hydrogen-bond acceptors (Lipinski definition) is 4. The fourth-order valence-corrected chi connectivity index (χ4v) is 2.47. The van der Waals surface area contributed by atoms with E-state index in [0.29, 0.717) is 36.5 Å². The van der Waals surface area contributed by atoms with Gasteiger partial charge in [-0.3, -0.25) is 9.78 Å². The van der Waals surface area contributed by atoms with Crippen LogP contribution in [-0.4, -0.2) is 22.4 Å². The molecule has 1 aromatic carbocycles. The van der Waals surface area contributed by atoms with Gasteiger partial charge in [0.05, 0.1) is 12.2 Å². The summed E-state index contributed by atoms with van der Waals surface area (Å²) in [5.74, 6) is 0.159. The minimum absolute atomic E-state index is 0.199. The van der Waals surface area contributed by atoms with Crippen molar-refractivity contribution in [3.05, 3.63) is 89.6 Å². The highest BCUT2D eigenvalue weighted by Gasteiger charge is 2.07. The maximum absolute atomic E-state index is 13.6. The lowest BCUT2D eigenvalue weighted by molar-refractivity contribution is 0.0950. The summed E-state index contributed by atoms with van der Waals surface area (Å²) in [6, 6.07) is 15.6. The van der Waals surface area contributed by atoms with Crippen LogP contribution in [0.5, 0.6) is 0 Å². The van der Waals surface area contributed by atoms with Crippen LogP contribution in [0.4, 0.5) is 10.2 Å². The molecular formula is C20H19FN4O. The van der Waals surface area contributed by atoms with Crippen LogP contribution >= 0.6 is 0 Å². The number of rotatable bonds is 7. The Hall–Kier alpha value is -3.28. The maximum Gasteiger partial charge on any atom is 0.251 e. The maximum atomic E-state index is 13.6. The zero-order valence-electron chi connectivity index (χ0n) is 14.2. The second kappa shape index (κ2) is 8.71. The lowest BCUT2D eigenvalue weighted by Gasteiger charge is -2.09. The molecule has 0 fully saturated rings. The highest BCUT2D eigenvalue weighted by molar-refractivity contribution is 5.94. The van der Waals surface area contributed by atoms with Crippen LogP contribution in [0.15, 0.2) is 67.0 Å². The van der Waals surface area contributed by atoms with Gasteiger partial charge in [-0.25, -0.2) is 9.37 Å². The van der Waals surface area contributed by atoms with Crippen molar-refractivity contribution in [3.63, 3.8) is 0 Å². The number of pyridine rings is 2. The van der Waals surface area contributed by atoms with Crippen molar-refractivity contribution in [2.45, 2.75) is 13.0 Å². The van der Waals surface area contributed by atoms with Crippen molar-refractivity contribution in [2.24, 2.45) is 0 Å². The van der Waals surface area contributed by atoms with Crippen molar-refractivity contribution < 1.29 is 9.18 Å². The van der Waals surface area contributed by atoms with E-state index in [2.05, 4.69) is 20.6 Å². The Labute approximate surface area is 151 Å². The molecule has 0 saturated carbocycles. The molecule has 3 aromatic rings. The largest absolute Gasteiger partial charge is 0.370 e. The molecule has 0 unspecified atom stereocenters. The molecule has 2 aromatic heterocycles. The molecule has 2 N–H and O–H groups in total. The van der Waals surface area contributed by atoms with E-state index < -0.39 is 0 Å². The lowest BCUT2D eigenvalue weighted by atomic mass is 10.1. The monoisotopic (exact) mass is 350 g/mol. The molecule has 0 bridgehead atoms. The second-order valence-electron chi connectivity index (χ2n) is 5.70. The Morgan fingerprint density at radius 1 is 1.00 bits per heavy atom. The smallest absolute Gasteiger partial charge is 0.251 e. The van der Waals surface area contributed by atoms with Gasteiger partial charge in [-0.1, -0.05) is 24.3 Å². The normalized spacial score (nSPS) is 10.3. The Morgan fingerprint density at radius 2 is 1.85 bits per heavy atom. The molecule has 2 heterocycles. The molecule has 0 spiro atoms. The van der Waals surface area contributed by atoms with E-state index in [-0.39, 0.29) is 11.7 Å². The van der Waals surface area contributed by atoms with Crippen molar-refractivity contribution >= 4 is 11.7 Å². The summed E-state index contributed by atoms with van der Waals surface area (Å²) >= 11 is 0. The average Bonchev–Trinajstić information content (AvgIpc) is 2.69. The summed E-state index contributed by atoms with van der Waals surface area (Å²) in [4.78, 5) is 20.6. The van der Waals surface area contributed by atoms with Crippen LogP contribution in [-0.2, 0) is 13.0 Å². The van der Waals surface area contributed by atoms with E-state index in [9.17, 15) is 9.18 Å². The van der Waals surface area contributed by atoms with Gasteiger partial charge in [-0.15, -0.1) is 0 Å². The Morgan fingerprint density at radius 3 is 2.65 bits per heavy atom. The van der Waals surface area contributed by atoms with Gasteiger partial charge in [0.1, 0.15) is 11.6 Å². The van der Waals surface area contributed by atoms with Crippen molar-refractivity contribution in [1.82, 2.24) is 15.3 Å². The number of hydrogen-bond donors (Lipinski definition) is 2. The second-order valence-corrected chi connectivity index (χ2v) is 5.70. The molecule has 26 heavy (non-hydrogen) atoms. The Bertz CT molecular complexity index is 870. The van der Waals surface area contributed by atoms with Gasteiger partial charge < -0.3 is 10.6 Å². The molecule has 132 valence electrons. The Balaban J connectivity index is 1.54. The summed E-state index contributed by atoms with van der Waals surface area (Å²) < 4.78 is 13.6. The number of amides is 1. The predicted octanol–water partition coefficient (Wildman–Crippen LogP) is 3.20. The molecule has 1 amide bonds. The van der Waals surface area contributed by atoms with E-state index >= 15 is 0 Å². The van der Waals surface area contributed by atoms with E-state index in [1.807, 2.05) is 24.3 Å². The fraction of sp³-hybridized carbons (Fsp3) is 0.150. The van der Waals surface area contributed by atoms with Gasteiger partial charge in [0.2, 0.25) is 0 Å². The van der Waals surface area contributed by atoms with Crippen molar-refractivity contribution in [2.75, 3.05) is 11.9 Å². The quantitative estimate of drug-likeness (QED) is 0.687. The average molecular weight is 350 g/mol. The van der Waals surface area contributed by atoms with Gasteiger partial charge in [-0.05, 0) is 42.3 Å². The first-order chi connectivity index (χ1) is 12.7. The SMILES string of the molecule is O=C(NCc1ccccn1)c1ccnc(NCCc2ccccc2F)c1. The van der Waals surface area contributed by atoms with Gasteiger partial charge in [-0.2, -0.15) is 0 Å². The zero-order chi connectivity index (χ0) is 18.2. The molecule has 0 aliphatic heterocycles. The van der Waals surface area contributed by atoms with Gasteiger partial charge in [0.15, 0.2) is 0 Å². The molecule has 5 nitrogen and oxygen atoms in total. The third-order valence-electron chi connectivity index (χ3n) is 3.84. The van der Waals surface area contributed by atoms with E-state index in [1.165, 1.54) is 6.07 Å². The molecule has 0 saturated heterocycles. The number of aromatic nitrogens is 2. The molecular weight excluding hydrogens is 331 g/mol. The number of carbonyl (C=O) groups is 1. The highest BCUT2D eigenvalue weighted by atomic mass is 19.1. The van der Waals surface area contributed by atoms with Gasteiger partial charge >= 0.3 is 0 Å². The zero-order valence-corrected chi connectivity index (χ0v) is 14.2. The predicted molar refractivity (Wildman–Crippen MR) is 98.2 cm³/mol. The number of halogens is 1. The summed E-state index contributed by atoms with van der Waals surface area (Å²) in [7, 11) is 0. The first kappa shape index (κ1) is 17.5. The summed E-state index contributed by atoms with van der Waals surface area (Å²) in [5.41, 5.74) is 1.94. The first-order valence-electron chi connectivity index (χ1n) is 8.34. The number of carbonyl (C=O) groups excluding carboxylic acids is 1. The summed E-state index contributed by atoms with van der Waals surface area (Å²) in [6.45, 7) is 0.880. The fourth-order valence-electron chi connectivity index (χ4n) is 2.47. The van der Waals surface area contributed by atoms with E-state index in [0.717, 1.165) is 5.69 Å². The minimum atomic E-state index is -0.218. The van der Waals surface area contributed by atoms with Crippen LogP contribution in [0.2, 0.25) is 0 Å². The molecule has 3 rings (SSSR count). The van der Waals surface area contributed by atoms with Gasteiger partial charge in [0, 0.05) is 24.5 Å². The number of benzene rings is 1. The molecule has 0 aliphatic carbocycles. The van der Waals surface area contributed by atoms with Crippen molar-refractivity contribution in [1.29, 1.82) is 0 Å². The third-order valence-corrected chi connectivity index (χ3v) is 3.84. The van der Waals surface area contributed by atoms with E-state index in [4.69, 9.17) is 0 Å². The topological polar surface area (TPSA) is 66.9 Å². The number of nitrogens with one attached hydrogen (secondary N) is 2. The van der Waals surface area contributed by atoms with Crippen LogP contribution in [0.1, 0.15) is 21.6 Å².